The Morgan fingerprint density at radius 2 is 1.58 bits per heavy atom. The minimum atomic E-state index is -0.0678. The fourth-order valence-corrected chi connectivity index (χ4v) is 3.07. The molecule has 0 spiro atoms. The fourth-order valence-electron chi connectivity index (χ4n) is 3.07. The number of hydrogen-bond donors (Lipinski definition) is 2. The number of nitrogens with one attached hydrogen (secondary N) is 2. The van der Waals surface area contributed by atoms with Crippen molar-refractivity contribution in [1.82, 2.24) is 10.6 Å². The minimum Gasteiger partial charge on any atom is -0.354 e. The zero-order valence-corrected chi connectivity index (χ0v) is 14.5. The summed E-state index contributed by atoms with van der Waals surface area (Å²) in [6.07, 6.45) is 5.94. The molecule has 24 heavy (non-hydrogen) atoms. The summed E-state index contributed by atoms with van der Waals surface area (Å²) in [5, 5.41) is 6.18. The van der Waals surface area contributed by atoms with Crippen LogP contribution in [0.2, 0.25) is 0 Å². The van der Waals surface area contributed by atoms with Gasteiger partial charge in [-0.1, -0.05) is 37.3 Å². The average Bonchev–Trinajstić information content (AvgIpc) is 3.49. The minimum absolute atomic E-state index is 0.0678. The number of hydrogen-bond acceptors (Lipinski definition) is 2. The molecule has 2 N–H and O–H groups in total. The third-order valence-electron chi connectivity index (χ3n) is 5.14. The van der Waals surface area contributed by atoms with E-state index in [0.29, 0.717) is 31.2 Å². The van der Waals surface area contributed by atoms with Gasteiger partial charge in [0.15, 0.2) is 0 Å². The van der Waals surface area contributed by atoms with Crippen LogP contribution in [0.15, 0.2) is 30.3 Å². The highest BCUT2D eigenvalue weighted by molar-refractivity contribution is 5.78. The smallest absolute Gasteiger partial charge is 0.220 e. The maximum Gasteiger partial charge on any atom is 0.220 e. The molecule has 2 fully saturated rings. The van der Waals surface area contributed by atoms with Gasteiger partial charge in [-0.3, -0.25) is 9.59 Å². The molecule has 0 saturated heterocycles. The summed E-state index contributed by atoms with van der Waals surface area (Å²) in [7, 11) is 0. The summed E-state index contributed by atoms with van der Waals surface area (Å²) in [4.78, 5) is 24.3. The molecule has 1 aromatic rings. The van der Waals surface area contributed by atoms with Crippen molar-refractivity contribution in [3.8, 4) is 0 Å². The molecule has 0 heterocycles. The lowest BCUT2D eigenvalue weighted by Crippen LogP contribution is -2.46. The van der Waals surface area contributed by atoms with Crippen LogP contribution in [0.3, 0.4) is 0 Å². The molecule has 4 heteroatoms. The molecule has 0 unspecified atom stereocenters. The van der Waals surface area contributed by atoms with Crippen LogP contribution in [0.5, 0.6) is 0 Å². The van der Waals surface area contributed by atoms with Gasteiger partial charge in [-0.25, -0.2) is 0 Å². The van der Waals surface area contributed by atoms with Gasteiger partial charge in [0.05, 0.1) is 6.04 Å². The number of carbonyl (C=O) groups is 2. The van der Waals surface area contributed by atoms with Gasteiger partial charge < -0.3 is 10.6 Å². The lowest BCUT2D eigenvalue weighted by molar-refractivity contribution is -0.124. The summed E-state index contributed by atoms with van der Waals surface area (Å²) in [5.74, 6) is 1.54. The van der Waals surface area contributed by atoms with Crippen molar-refractivity contribution in [2.75, 3.05) is 6.54 Å². The van der Waals surface area contributed by atoms with Crippen LogP contribution in [0.25, 0.3) is 0 Å². The number of amides is 2. The molecule has 2 aliphatic carbocycles. The van der Waals surface area contributed by atoms with Gasteiger partial charge in [-0.15, -0.1) is 0 Å². The molecular weight excluding hydrogens is 300 g/mol. The number of benzene rings is 1. The molecule has 0 radical (unpaired) electrons. The molecule has 1 aromatic carbocycles. The second-order valence-electron chi connectivity index (χ2n) is 7.47. The third kappa shape index (κ3) is 5.36. The van der Waals surface area contributed by atoms with Crippen molar-refractivity contribution in [3.63, 3.8) is 0 Å². The molecule has 0 bridgehead atoms. The zero-order chi connectivity index (χ0) is 16.9. The Morgan fingerprint density at radius 3 is 2.17 bits per heavy atom. The van der Waals surface area contributed by atoms with E-state index < -0.39 is 0 Å². The maximum absolute atomic E-state index is 12.2. The second-order valence-corrected chi connectivity index (χ2v) is 7.47. The highest BCUT2D eigenvalue weighted by atomic mass is 16.2. The number of carbonyl (C=O) groups excluding carboxylic acids is 2. The van der Waals surface area contributed by atoms with Crippen LogP contribution in [0.1, 0.15) is 56.9 Å². The van der Waals surface area contributed by atoms with Gasteiger partial charge >= 0.3 is 0 Å². The summed E-state index contributed by atoms with van der Waals surface area (Å²) in [6, 6.07) is 10.1. The molecule has 0 aliphatic heterocycles. The summed E-state index contributed by atoms with van der Waals surface area (Å²) in [6.45, 7) is 2.61. The van der Waals surface area contributed by atoms with Crippen LogP contribution in [-0.4, -0.2) is 24.4 Å². The van der Waals surface area contributed by atoms with E-state index >= 15 is 0 Å². The van der Waals surface area contributed by atoms with Gasteiger partial charge in [0, 0.05) is 25.3 Å². The first-order chi connectivity index (χ1) is 11.6. The summed E-state index contributed by atoms with van der Waals surface area (Å²) < 4.78 is 0. The van der Waals surface area contributed by atoms with E-state index in [9.17, 15) is 9.59 Å². The first kappa shape index (κ1) is 17.0. The Bertz CT molecular complexity index is 564. The van der Waals surface area contributed by atoms with E-state index in [1.54, 1.807) is 0 Å². The first-order valence-corrected chi connectivity index (χ1v) is 9.23. The summed E-state index contributed by atoms with van der Waals surface area (Å²) in [5.41, 5.74) is 1.19. The molecule has 2 amide bonds. The quantitative estimate of drug-likeness (QED) is 0.732. The largest absolute Gasteiger partial charge is 0.354 e. The van der Waals surface area contributed by atoms with E-state index in [4.69, 9.17) is 0 Å². The molecule has 3 rings (SSSR count). The van der Waals surface area contributed by atoms with Gasteiger partial charge in [-0.05, 0) is 43.1 Å². The lowest BCUT2D eigenvalue weighted by Gasteiger charge is -2.26. The predicted molar refractivity (Wildman–Crippen MR) is 94.5 cm³/mol. The summed E-state index contributed by atoms with van der Waals surface area (Å²) >= 11 is 0. The molecule has 4 nitrogen and oxygen atoms in total. The Balaban J connectivity index is 1.57. The van der Waals surface area contributed by atoms with Crippen LogP contribution in [0, 0.1) is 11.8 Å². The fraction of sp³-hybridized carbons (Fsp3) is 0.600. The molecule has 130 valence electrons. The normalized spacial score (nSPS) is 19.4. The van der Waals surface area contributed by atoms with Crippen molar-refractivity contribution >= 4 is 11.8 Å². The van der Waals surface area contributed by atoms with E-state index in [0.717, 1.165) is 0 Å². The molecule has 0 aromatic heterocycles. The van der Waals surface area contributed by atoms with Crippen LogP contribution < -0.4 is 10.6 Å². The molecule has 2 saturated carbocycles. The Hall–Kier alpha value is -1.84. The van der Waals surface area contributed by atoms with E-state index in [-0.39, 0.29) is 23.8 Å². The van der Waals surface area contributed by atoms with Crippen molar-refractivity contribution < 1.29 is 9.59 Å². The second kappa shape index (κ2) is 7.82. The topological polar surface area (TPSA) is 58.2 Å². The van der Waals surface area contributed by atoms with Crippen molar-refractivity contribution in [3.05, 3.63) is 35.9 Å². The van der Waals surface area contributed by atoms with Gasteiger partial charge in [0.2, 0.25) is 11.8 Å². The van der Waals surface area contributed by atoms with Crippen molar-refractivity contribution in [2.45, 2.75) is 57.4 Å². The SMILES string of the molecule is C[C@@H](c1ccccc1)[C@@H](CNC(=O)CC1CC1)NC(=O)CC1CC1. The van der Waals surface area contributed by atoms with Gasteiger partial charge in [0.25, 0.3) is 0 Å². The van der Waals surface area contributed by atoms with E-state index in [1.165, 1.54) is 31.2 Å². The Kier molecular flexibility index (Phi) is 5.54. The standard InChI is InChI=1S/C20H28N2O2/c1-14(17-5-3-2-4-6-17)18(22-20(24)12-16-9-10-16)13-21-19(23)11-15-7-8-15/h2-6,14-16,18H,7-13H2,1H3,(H,21,23)(H,22,24)/t14-,18+/m0/s1. The van der Waals surface area contributed by atoms with Gasteiger partial charge in [0.1, 0.15) is 0 Å². The first-order valence-electron chi connectivity index (χ1n) is 9.23. The van der Waals surface area contributed by atoms with Gasteiger partial charge in [-0.2, -0.15) is 0 Å². The Morgan fingerprint density at radius 1 is 1.00 bits per heavy atom. The third-order valence-corrected chi connectivity index (χ3v) is 5.14. The number of rotatable bonds is 9. The predicted octanol–water partition coefficient (Wildman–Crippen LogP) is 2.99. The highest BCUT2D eigenvalue weighted by Crippen LogP contribution is 2.33. The Labute approximate surface area is 144 Å². The maximum atomic E-state index is 12.2. The highest BCUT2D eigenvalue weighted by Gasteiger charge is 2.28. The van der Waals surface area contributed by atoms with Crippen LogP contribution >= 0.6 is 0 Å². The molecular formula is C20H28N2O2. The van der Waals surface area contributed by atoms with E-state index in [1.807, 2.05) is 18.2 Å². The van der Waals surface area contributed by atoms with Crippen molar-refractivity contribution in [2.24, 2.45) is 11.8 Å². The van der Waals surface area contributed by atoms with E-state index in [2.05, 4.69) is 29.7 Å². The zero-order valence-electron chi connectivity index (χ0n) is 14.5. The van der Waals surface area contributed by atoms with Crippen molar-refractivity contribution in [1.29, 1.82) is 0 Å². The molecule has 2 aliphatic rings. The molecule has 2 atom stereocenters. The lowest BCUT2D eigenvalue weighted by atomic mass is 9.93. The van der Waals surface area contributed by atoms with Crippen LogP contribution in [0.4, 0.5) is 0 Å². The monoisotopic (exact) mass is 328 g/mol. The van der Waals surface area contributed by atoms with Crippen LogP contribution in [-0.2, 0) is 9.59 Å². The average molecular weight is 328 g/mol.